The summed E-state index contributed by atoms with van der Waals surface area (Å²) in [5, 5.41) is 23.7. The number of rotatable bonds is 46. The fourth-order valence-electron chi connectivity index (χ4n) is 7.63. The number of aliphatic hydroxyl groups excluding tert-OH is 2. The molecule has 1 amide bonds. The Kier molecular flexibility index (Phi) is 47.2. The lowest BCUT2D eigenvalue weighted by Crippen LogP contribution is -2.46. The number of hydrogen-bond acceptors (Lipinski definition) is 5. The minimum Gasteiger partial charge on any atom is -0.462 e. The highest BCUT2D eigenvalue weighted by Crippen LogP contribution is 2.18. The Hall–Kier alpha value is -2.70. The van der Waals surface area contributed by atoms with E-state index in [0.717, 1.165) is 77.0 Å². The van der Waals surface area contributed by atoms with Gasteiger partial charge in [0.1, 0.15) is 6.10 Å². The Balaban J connectivity index is 4.68. The van der Waals surface area contributed by atoms with Gasteiger partial charge in [-0.25, -0.2) is 0 Å². The smallest absolute Gasteiger partial charge is 0.306 e. The van der Waals surface area contributed by atoms with Gasteiger partial charge >= 0.3 is 5.97 Å². The summed E-state index contributed by atoms with van der Waals surface area (Å²) in [5.41, 5.74) is 0. The first-order valence-corrected chi connectivity index (χ1v) is 26.2. The first-order valence-electron chi connectivity index (χ1n) is 26.2. The molecule has 6 nitrogen and oxygen atoms in total. The van der Waals surface area contributed by atoms with Crippen LogP contribution in [0.25, 0.3) is 0 Å². The minimum absolute atomic E-state index is 0.0472. The van der Waals surface area contributed by atoms with Crippen LogP contribution in [0.3, 0.4) is 0 Å². The molecule has 6 heteroatoms. The van der Waals surface area contributed by atoms with Gasteiger partial charge in [-0.2, -0.15) is 0 Å². The lowest BCUT2D eigenvalue weighted by atomic mass is 10.0. The predicted molar refractivity (Wildman–Crippen MR) is 268 cm³/mol. The van der Waals surface area contributed by atoms with Gasteiger partial charge < -0.3 is 20.3 Å². The highest BCUT2D eigenvalue weighted by atomic mass is 16.5. The van der Waals surface area contributed by atoms with E-state index >= 15 is 0 Å². The maximum absolute atomic E-state index is 13.2. The van der Waals surface area contributed by atoms with E-state index in [1.807, 2.05) is 6.08 Å². The monoisotopic (exact) mass is 866 g/mol. The second-order valence-electron chi connectivity index (χ2n) is 17.5. The zero-order valence-electron chi connectivity index (χ0n) is 40.7. The first kappa shape index (κ1) is 59.3. The van der Waals surface area contributed by atoms with E-state index in [1.165, 1.54) is 116 Å². The van der Waals surface area contributed by atoms with Crippen LogP contribution >= 0.6 is 0 Å². The van der Waals surface area contributed by atoms with Crippen molar-refractivity contribution in [2.75, 3.05) is 6.61 Å². The molecular formula is C56H99NO5. The number of allylic oxidation sites excluding steroid dienone is 12. The normalized spacial score (nSPS) is 13.8. The van der Waals surface area contributed by atoms with Gasteiger partial charge in [-0.3, -0.25) is 9.59 Å². The fourth-order valence-corrected chi connectivity index (χ4v) is 7.63. The van der Waals surface area contributed by atoms with E-state index in [-0.39, 0.29) is 31.3 Å². The maximum atomic E-state index is 13.2. The standard InChI is InChI=1S/C56H99NO5/c1-4-7-10-13-16-19-22-24-25-26-27-28-29-31-34-37-40-43-46-49-56(61)62-52(47-44-41-38-35-33-30-23-20-17-14-11-8-5-2)50-55(60)57-53(51-58)54(59)48-45-42-39-36-32-21-18-15-12-9-6-3/h7,10,16,19,24-25,27-28,31,34,40,43,52-54,58-59H,4-6,8-9,11-15,17-18,20-23,26,29-30,32-33,35-39,41-42,44-51H2,1-3H3,(H,57,60)/b10-7-,19-16-,25-24-,28-27-,34-31-,43-40-. The average molecular weight is 866 g/mol. The van der Waals surface area contributed by atoms with Crippen molar-refractivity contribution < 1.29 is 24.5 Å². The molecule has 0 aromatic rings. The third-order valence-electron chi connectivity index (χ3n) is 11.6. The SMILES string of the molecule is CC/C=C\C/C=C\C/C=C\C/C=C\C/C=C\C/C=C\CCC(=O)OC(CCCCCCCCCCCCCCC)CC(=O)NC(CO)C(O)CCCCCCCCCCCCC. The van der Waals surface area contributed by atoms with Crippen LogP contribution < -0.4 is 5.32 Å². The molecule has 0 aliphatic carbocycles. The lowest BCUT2D eigenvalue weighted by molar-refractivity contribution is -0.150. The van der Waals surface area contributed by atoms with Crippen LogP contribution in [0.1, 0.15) is 245 Å². The molecule has 3 unspecified atom stereocenters. The summed E-state index contributed by atoms with van der Waals surface area (Å²) in [6.45, 7) is 6.35. The van der Waals surface area contributed by atoms with Gasteiger partial charge in [-0.1, -0.05) is 241 Å². The molecule has 0 aromatic carbocycles. The van der Waals surface area contributed by atoms with Crippen molar-refractivity contribution in [3.63, 3.8) is 0 Å². The van der Waals surface area contributed by atoms with Crippen LogP contribution in [-0.4, -0.2) is 46.9 Å². The van der Waals surface area contributed by atoms with E-state index in [0.29, 0.717) is 19.3 Å². The number of amides is 1. The average Bonchev–Trinajstić information content (AvgIpc) is 3.26. The molecule has 0 rings (SSSR count). The Bertz CT molecular complexity index is 1150. The molecule has 62 heavy (non-hydrogen) atoms. The predicted octanol–water partition coefficient (Wildman–Crippen LogP) is 15.8. The molecule has 0 saturated carbocycles. The highest BCUT2D eigenvalue weighted by Gasteiger charge is 2.24. The van der Waals surface area contributed by atoms with Gasteiger partial charge in [0.05, 0.1) is 25.2 Å². The molecule has 0 spiro atoms. The lowest BCUT2D eigenvalue weighted by Gasteiger charge is -2.24. The number of carbonyl (C=O) groups is 2. The summed E-state index contributed by atoms with van der Waals surface area (Å²) >= 11 is 0. The highest BCUT2D eigenvalue weighted by molar-refractivity contribution is 5.77. The van der Waals surface area contributed by atoms with Crippen LogP contribution in [0, 0.1) is 0 Å². The Morgan fingerprint density at radius 3 is 1.23 bits per heavy atom. The van der Waals surface area contributed by atoms with Crippen molar-refractivity contribution >= 4 is 11.9 Å². The molecule has 0 fully saturated rings. The topological polar surface area (TPSA) is 95.9 Å². The largest absolute Gasteiger partial charge is 0.462 e. The second kappa shape index (κ2) is 49.3. The summed E-state index contributed by atoms with van der Waals surface area (Å²) in [7, 11) is 0. The number of aliphatic hydroxyl groups is 2. The van der Waals surface area contributed by atoms with E-state index in [4.69, 9.17) is 4.74 Å². The summed E-state index contributed by atoms with van der Waals surface area (Å²) in [5.74, 6) is -0.571. The van der Waals surface area contributed by atoms with Crippen molar-refractivity contribution in [3.05, 3.63) is 72.9 Å². The van der Waals surface area contributed by atoms with Crippen LogP contribution in [0.2, 0.25) is 0 Å². The van der Waals surface area contributed by atoms with Crippen molar-refractivity contribution in [2.45, 2.75) is 264 Å². The van der Waals surface area contributed by atoms with Crippen LogP contribution in [-0.2, 0) is 14.3 Å². The number of ether oxygens (including phenoxy) is 1. The second-order valence-corrected chi connectivity index (χ2v) is 17.5. The van der Waals surface area contributed by atoms with Gasteiger partial charge in [-0.05, 0) is 64.2 Å². The summed E-state index contributed by atoms with van der Waals surface area (Å²) in [4.78, 5) is 26.1. The third-order valence-corrected chi connectivity index (χ3v) is 11.6. The van der Waals surface area contributed by atoms with Gasteiger partial charge in [0.15, 0.2) is 0 Å². The number of hydrogen-bond donors (Lipinski definition) is 3. The molecule has 0 aliphatic rings. The first-order chi connectivity index (χ1) is 30.5. The van der Waals surface area contributed by atoms with Crippen LogP contribution in [0.4, 0.5) is 0 Å². The van der Waals surface area contributed by atoms with Gasteiger partial charge in [0.2, 0.25) is 5.91 Å². The molecule has 3 N–H and O–H groups in total. The Labute approximate surface area is 383 Å². The van der Waals surface area contributed by atoms with Gasteiger partial charge in [-0.15, -0.1) is 0 Å². The summed E-state index contributed by atoms with van der Waals surface area (Å²) < 4.78 is 5.89. The van der Waals surface area contributed by atoms with E-state index in [1.54, 1.807) is 0 Å². The van der Waals surface area contributed by atoms with Gasteiger partial charge in [0, 0.05) is 6.42 Å². The molecule has 0 aliphatic heterocycles. The Morgan fingerprint density at radius 2 is 0.839 bits per heavy atom. The van der Waals surface area contributed by atoms with E-state index in [2.05, 4.69) is 92.9 Å². The van der Waals surface area contributed by atoms with Crippen molar-refractivity contribution in [1.82, 2.24) is 5.32 Å². The van der Waals surface area contributed by atoms with Crippen molar-refractivity contribution in [3.8, 4) is 0 Å². The Morgan fingerprint density at radius 1 is 0.484 bits per heavy atom. The van der Waals surface area contributed by atoms with E-state index in [9.17, 15) is 19.8 Å². The number of carbonyl (C=O) groups excluding carboxylic acids is 2. The van der Waals surface area contributed by atoms with Crippen LogP contribution in [0.5, 0.6) is 0 Å². The van der Waals surface area contributed by atoms with Crippen molar-refractivity contribution in [1.29, 1.82) is 0 Å². The van der Waals surface area contributed by atoms with Crippen LogP contribution in [0.15, 0.2) is 72.9 Å². The summed E-state index contributed by atoms with van der Waals surface area (Å²) in [6.07, 6.45) is 62.5. The molecule has 3 atom stereocenters. The maximum Gasteiger partial charge on any atom is 0.306 e. The molecule has 0 aromatic heterocycles. The summed E-state index contributed by atoms with van der Waals surface area (Å²) in [6, 6.07) is -0.716. The zero-order chi connectivity index (χ0) is 45.2. The molecule has 0 saturated heterocycles. The van der Waals surface area contributed by atoms with Crippen molar-refractivity contribution in [2.24, 2.45) is 0 Å². The van der Waals surface area contributed by atoms with E-state index < -0.39 is 18.2 Å². The fraction of sp³-hybridized carbons (Fsp3) is 0.750. The quantitative estimate of drug-likeness (QED) is 0.0322. The number of unbranched alkanes of at least 4 members (excludes halogenated alkanes) is 22. The zero-order valence-corrected chi connectivity index (χ0v) is 40.7. The minimum atomic E-state index is -0.800. The molecule has 358 valence electrons. The molecule has 0 heterocycles. The molecular weight excluding hydrogens is 767 g/mol. The number of nitrogens with one attached hydrogen (secondary N) is 1. The molecule has 0 radical (unpaired) electrons. The van der Waals surface area contributed by atoms with Gasteiger partial charge in [0.25, 0.3) is 0 Å². The third kappa shape index (κ3) is 43.9. The number of esters is 1. The molecule has 0 bridgehead atoms.